The number of ketones is 2. The summed E-state index contributed by atoms with van der Waals surface area (Å²) in [5.41, 5.74) is 3.55. The van der Waals surface area contributed by atoms with Crippen LogP contribution in [-0.2, 0) is 65.7 Å². The fourth-order valence-corrected chi connectivity index (χ4v) is 8.68. The van der Waals surface area contributed by atoms with E-state index in [4.69, 9.17) is 15.2 Å². The minimum atomic E-state index is -1.39. The van der Waals surface area contributed by atoms with E-state index in [0.717, 1.165) is 0 Å². The Balaban J connectivity index is 0.000000209. The third-order valence-electron chi connectivity index (χ3n) is 13.6. The number of hydroxylamine groups is 4. The first-order valence-corrected chi connectivity index (χ1v) is 28.2. The number of aromatic hydroxyl groups is 3. The van der Waals surface area contributed by atoms with E-state index in [-0.39, 0.29) is 84.1 Å². The molecule has 0 aromatic heterocycles. The number of hydrogen-bond donors (Lipinski definition) is 6. The highest BCUT2D eigenvalue weighted by molar-refractivity contribution is 6.10. The second-order valence-electron chi connectivity index (χ2n) is 20.3. The van der Waals surface area contributed by atoms with E-state index in [1.165, 1.54) is 91.0 Å². The molecule has 0 aliphatic carbocycles. The van der Waals surface area contributed by atoms with Gasteiger partial charge in [0.25, 0.3) is 35.4 Å². The molecule has 7 aromatic carbocycles. The highest BCUT2D eigenvalue weighted by atomic mass is 16.7. The Labute approximate surface area is 535 Å². The number of imide groups is 2. The molecule has 2 heterocycles. The lowest BCUT2D eigenvalue weighted by Gasteiger charge is -2.20. The largest absolute Gasteiger partial charge is 0.508 e. The normalized spacial score (nSPS) is 13.4. The summed E-state index contributed by atoms with van der Waals surface area (Å²) in [6.07, 6.45) is 3.41. The number of phenols is 3. The van der Waals surface area contributed by atoms with Gasteiger partial charge in [0.1, 0.15) is 64.3 Å². The van der Waals surface area contributed by atoms with Crippen LogP contribution in [0.15, 0.2) is 199 Å². The van der Waals surface area contributed by atoms with Crippen molar-refractivity contribution in [3.63, 3.8) is 0 Å². The van der Waals surface area contributed by atoms with Gasteiger partial charge in [0.15, 0.2) is 11.6 Å². The summed E-state index contributed by atoms with van der Waals surface area (Å²) in [7, 11) is 0. The lowest BCUT2D eigenvalue weighted by atomic mass is 9.99. The first-order valence-electron chi connectivity index (χ1n) is 28.2. The molecule has 24 heteroatoms. The second-order valence-corrected chi connectivity index (χ2v) is 20.3. The van der Waals surface area contributed by atoms with Crippen LogP contribution in [0.4, 0.5) is 0 Å². The van der Waals surface area contributed by atoms with E-state index in [1.807, 2.05) is 6.07 Å². The maximum atomic E-state index is 13.0. The number of carbonyl (C=O) groups excluding carboxylic acids is 10. The van der Waals surface area contributed by atoms with Crippen LogP contribution in [0, 0.1) is 34.0 Å². The highest BCUT2D eigenvalue weighted by Gasteiger charge is 2.36. The zero-order valence-electron chi connectivity index (χ0n) is 49.3. The predicted octanol–water partition coefficient (Wildman–Crippen LogP) is 7.11. The van der Waals surface area contributed by atoms with Gasteiger partial charge in [0.2, 0.25) is 0 Å². The predicted molar refractivity (Wildman–Crippen MR) is 331 cm³/mol. The summed E-state index contributed by atoms with van der Waals surface area (Å²) in [5.74, 6) is -8.00. The van der Waals surface area contributed by atoms with Crippen molar-refractivity contribution in [3.05, 3.63) is 249 Å². The number of carboxylic acid groups (broad SMARTS) is 1. The lowest BCUT2D eigenvalue weighted by molar-refractivity contribution is -0.199. The van der Waals surface area contributed by atoms with Crippen molar-refractivity contribution in [1.29, 1.82) is 15.8 Å². The van der Waals surface area contributed by atoms with Gasteiger partial charge in [-0.05, 0) is 82.4 Å². The number of rotatable bonds is 20. The van der Waals surface area contributed by atoms with Crippen molar-refractivity contribution in [2.24, 2.45) is 0 Å². The molecule has 6 N–H and O–H groups in total. The number of nitriles is 3. The topological polar surface area (TPSA) is 389 Å². The Hall–Kier alpha value is -13.4. The summed E-state index contributed by atoms with van der Waals surface area (Å²) in [5, 5.41) is 70.9. The van der Waals surface area contributed by atoms with Crippen molar-refractivity contribution in [2.45, 2.75) is 50.6 Å². The molecule has 0 saturated carbocycles. The molecule has 9 rings (SSSR count). The molecule has 470 valence electrons. The van der Waals surface area contributed by atoms with Crippen LogP contribution >= 0.6 is 0 Å². The molecule has 94 heavy (non-hydrogen) atoms. The molecule has 6 amide bonds. The van der Waals surface area contributed by atoms with Gasteiger partial charge in [-0.25, -0.2) is 14.4 Å². The van der Waals surface area contributed by atoms with Crippen LogP contribution in [0.5, 0.6) is 17.2 Å². The summed E-state index contributed by atoms with van der Waals surface area (Å²) < 4.78 is 0. The average molecular weight is 1260 g/mol. The SMILES string of the molecule is N#C/C(=C\c1ccc(O)cc1)C(=O)N[C@@H](Cc1ccc(C(=O)c2ccccc2)cc1)C(=O)O.N#C/C(=C\c1ccc(O)cc1)C(=O)N[C@@H](Cc1ccc(C(=O)c2ccccc2)cc1)C(=O)ON1C(=O)CCC1=O.N#C/C(=C\c1ccc(O)cc1)C(=O)ON1C(=O)CCC1=O. The van der Waals surface area contributed by atoms with E-state index in [2.05, 4.69) is 15.5 Å². The van der Waals surface area contributed by atoms with Crippen molar-refractivity contribution >= 4 is 83.1 Å². The maximum Gasteiger partial charge on any atom is 0.374 e. The number of nitrogens with zero attached hydrogens (tertiary/aromatic N) is 5. The Morgan fingerprint density at radius 3 is 1.07 bits per heavy atom. The number of hydrogen-bond acceptors (Lipinski definition) is 19. The third kappa shape index (κ3) is 19.3. The number of phenolic OH excluding ortho intramolecular Hbond substituents is 3. The zero-order chi connectivity index (χ0) is 67.8. The van der Waals surface area contributed by atoms with Crippen molar-refractivity contribution in [3.8, 4) is 35.5 Å². The number of benzene rings is 7. The summed E-state index contributed by atoms with van der Waals surface area (Å²) >= 11 is 0. The Kier molecular flexibility index (Phi) is 23.7. The Morgan fingerprint density at radius 1 is 0.426 bits per heavy atom. The van der Waals surface area contributed by atoms with Gasteiger partial charge in [-0.15, -0.1) is 10.1 Å². The molecule has 0 bridgehead atoms. The van der Waals surface area contributed by atoms with Crippen molar-refractivity contribution in [1.82, 2.24) is 20.8 Å². The van der Waals surface area contributed by atoms with Crippen LogP contribution < -0.4 is 10.6 Å². The second kappa shape index (κ2) is 32.7. The van der Waals surface area contributed by atoms with Crippen LogP contribution in [-0.4, -0.2) is 108 Å². The molecular formula is C70H53N7O17. The first kappa shape index (κ1) is 68.1. The Bertz CT molecular complexity index is 4230. The molecule has 2 aliphatic rings. The van der Waals surface area contributed by atoms with E-state index >= 15 is 0 Å². The van der Waals surface area contributed by atoms with Gasteiger partial charge in [-0.2, -0.15) is 15.8 Å². The molecule has 2 saturated heterocycles. The van der Waals surface area contributed by atoms with Gasteiger partial charge in [0.05, 0.1) is 0 Å². The average Bonchev–Trinajstić information content (AvgIpc) is 1.04. The number of carbonyl (C=O) groups is 11. The molecule has 0 radical (unpaired) electrons. The third-order valence-corrected chi connectivity index (χ3v) is 13.6. The van der Waals surface area contributed by atoms with Crippen molar-refractivity contribution in [2.75, 3.05) is 0 Å². The summed E-state index contributed by atoms with van der Waals surface area (Å²) in [6.45, 7) is 0. The van der Waals surface area contributed by atoms with Gasteiger partial charge in [-0.1, -0.05) is 146 Å². The molecule has 2 atom stereocenters. The smallest absolute Gasteiger partial charge is 0.374 e. The van der Waals surface area contributed by atoms with E-state index in [9.17, 15) is 78.6 Å². The number of amides is 6. The maximum absolute atomic E-state index is 13.0. The molecule has 24 nitrogen and oxygen atoms in total. The fourth-order valence-electron chi connectivity index (χ4n) is 8.68. The first-order chi connectivity index (χ1) is 45.1. The van der Waals surface area contributed by atoms with E-state index < -0.39 is 65.4 Å². The standard InChI is InChI=1S/C30H23N3O7.C26H20N2O5.C14H10N2O5/c31-18-23(16-19-8-12-24(34)13-9-19)29(38)32-25(30(39)40-33-26(35)14-15-27(33)36)17-20-6-10-22(11-7-20)28(37)21-4-2-1-3-5-21;27-16-21(14-17-8-12-22(29)13-9-17)25(31)28-23(26(32)33)15-18-6-10-20(11-7-18)24(30)19-4-2-1-3-5-19;15-8-10(7-9-1-3-11(17)4-2-9)14(20)21-16-12(18)5-6-13(16)19/h1-13,16,25,34H,14-15,17H2,(H,32,38);1-14,23,29H,15H2,(H,28,31)(H,32,33);1-4,7,17H,5-6H2/b23-16+;21-14+;10-7+/t25-;23-;/m00./s1. The minimum absolute atomic E-state index is 0.00501. The molecule has 0 unspecified atom stereocenters. The molecular weight excluding hydrogens is 1210 g/mol. The molecule has 2 fully saturated rings. The van der Waals surface area contributed by atoms with Crippen LogP contribution in [0.1, 0.15) is 85.3 Å². The zero-order valence-corrected chi connectivity index (χ0v) is 49.3. The Morgan fingerprint density at radius 2 is 0.734 bits per heavy atom. The number of aliphatic carboxylic acids is 1. The van der Waals surface area contributed by atoms with Crippen LogP contribution in [0.3, 0.4) is 0 Å². The van der Waals surface area contributed by atoms with Gasteiger partial charge in [-0.3, -0.25) is 38.4 Å². The summed E-state index contributed by atoms with van der Waals surface area (Å²) in [6, 6.07) is 50.2. The van der Waals surface area contributed by atoms with E-state index in [1.54, 1.807) is 121 Å². The van der Waals surface area contributed by atoms with Gasteiger partial charge >= 0.3 is 17.9 Å². The summed E-state index contributed by atoms with van der Waals surface area (Å²) in [4.78, 5) is 143. The number of nitrogens with one attached hydrogen (secondary N) is 2. The van der Waals surface area contributed by atoms with Gasteiger partial charge < -0.3 is 40.7 Å². The molecule has 2 aliphatic heterocycles. The lowest BCUT2D eigenvalue weighted by Crippen LogP contribution is -2.46. The minimum Gasteiger partial charge on any atom is -0.508 e. The quantitative estimate of drug-likeness (QED) is 0.0191. The van der Waals surface area contributed by atoms with E-state index in [0.29, 0.717) is 60.2 Å². The molecule has 0 spiro atoms. The fraction of sp³-hybridized carbons (Fsp3) is 0.114. The monoisotopic (exact) mass is 1260 g/mol. The number of carboxylic acids is 1. The van der Waals surface area contributed by atoms with Crippen LogP contribution in [0.25, 0.3) is 18.2 Å². The van der Waals surface area contributed by atoms with Crippen LogP contribution in [0.2, 0.25) is 0 Å². The highest BCUT2D eigenvalue weighted by Crippen LogP contribution is 2.21. The van der Waals surface area contributed by atoms with Gasteiger partial charge in [0, 0.05) is 60.8 Å². The molecule has 7 aromatic rings. The van der Waals surface area contributed by atoms with Crippen molar-refractivity contribution < 1.29 is 82.8 Å².